The van der Waals surface area contributed by atoms with Crippen molar-refractivity contribution in [3.05, 3.63) is 131 Å². The van der Waals surface area contributed by atoms with Gasteiger partial charge in [-0.2, -0.15) is 4.98 Å². The Labute approximate surface area is 278 Å². The van der Waals surface area contributed by atoms with E-state index < -0.39 is 23.8 Å². The topological polar surface area (TPSA) is 136 Å². The van der Waals surface area contributed by atoms with Gasteiger partial charge < -0.3 is 14.6 Å². The Bertz CT molecular complexity index is 1920. The summed E-state index contributed by atoms with van der Waals surface area (Å²) in [5, 5.41) is 9.29. The van der Waals surface area contributed by atoms with Crippen LogP contribution in [-0.4, -0.2) is 45.9 Å². The van der Waals surface area contributed by atoms with E-state index in [0.29, 0.717) is 34.2 Å². The number of carboxylic acids is 1. The molecular weight excluding hydrogens is 610 g/mol. The van der Waals surface area contributed by atoms with Gasteiger partial charge >= 0.3 is 11.9 Å². The van der Waals surface area contributed by atoms with Crippen LogP contribution in [0.3, 0.4) is 0 Å². The summed E-state index contributed by atoms with van der Waals surface area (Å²) in [6.45, 7) is 8.19. The minimum absolute atomic E-state index is 0.0454. The molecule has 5 aromatic rings. The van der Waals surface area contributed by atoms with Crippen molar-refractivity contribution in [2.45, 2.75) is 34.3 Å². The number of nitrogens with zero attached hydrogens (tertiary/aromatic N) is 3. The maximum absolute atomic E-state index is 13.1. The first-order valence-corrected chi connectivity index (χ1v) is 15.4. The number of hydrogen-bond donors (Lipinski definition) is 1. The molecule has 1 aliphatic rings. The summed E-state index contributed by atoms with van der Waals surface area (Å²) in [5.41, 5.74) is 3.72. The highest BCUT2D eigenvalue weighted by molar-refractivity contribution is 6.34. The average Bonchev–Trinajstić information content (AvgIpc) is 3.40. The zero-order chi connectivity index (χ0) is 34.8. The summed E-state index contributed by atoms with van der Waals surface area (Å²) < 4.78 is 10.8. The van der Waals surface area contributed by atoms with Gasteiger partial charge in [0.25, 0.3) is 11.8 Å². The molecule has 2 heterocycles. The second kappa shape index (κ2) is 15.9. The third kappa shape index (κ3) is 7.45. The van der Waals surface area contributed by atoms with E-state index in [2.05, 4.69) is 4.98 Å². The molecule has 0 bridgehead atoms. The van der Waals surface area contributed by atoms with Crippen molar-refractivity contribution >= 4 is 29.4 Å². The lowest BCUT2D eigenvalue weighted by atomic mass is 10.1. The van der Waals surface area contributed by atoms with Crippen LogP contribution in [-0.2, 0) is 11.3 Å². The lowest BCUT2D eigenvalue weighted by molar-refractivity contribution is 0.0599. The van der Waals surface area contributed by atoms with Gasteiger partial charge in [0.2, 0.25) is 5.88 Å². The number of rotatable bonds is 8. The van der Waals surface area contributed by atoms with Gasteiger partial charge in [-0.25, -0.2) is 19.5 Å². The molecule has 0 unspecified atom stereocenters. The SMILES string of the molecule is CC.CC.COC(=O)c1ccc(COc2cc(-c3ccc(N4C(=O)c5ccc(C(=O)O)cc5C4=O)cc3)nc(-c3ccccc3)n2)cc1. The molecule has 0 aliphatic carbocycles. The van der Waals surface area contributed by atoms with Gasteiger partial charge in [-0.05, 0) is 48.0 Å². The number of fused-ring (bicyclic) bond motifs is 1. The molecule has 48 heavy (non-hydrogen) atoms. The molecule has 6 rings (SSSR count). The summed E-state index contributed by atoms with van der Waals surface area (Å²) in [4.78, 5) is 59.6. The molecule has 0 saturated carbocycles. The van der Waals surface area contributed by atoms with Crippen LogP contribution in [0, 0.1) is 0 Å². The van der Waals surface area contributed by atoms with E-state index in [1.165, 1.54) is 25.3 Å². The summed E-state index contributed by atoms with van der Waals surface area (Å²) in [6.07, 6.45) is 0. The van der Waals surface area contributed by atoms with Crippen LogP contribution in [0.25, 0.3) is 22.6 Å². The number of carboxylic acid groups (broad SMARTS) is 1. The number of benzene rings is 4. The fourth-order valence-corrected chi connectivity index (χ4v) is 4.76. The number of ether oxygens (including phenoxy) is 2. The first-order chi connectivity index (χ1) is 23.3. The van der Waals surface area contributed by atoms with Crippen molar-refractivity contribution in [1.82, 2.24) is 9.97 Å². The van der Waals surface area contributed by atoms with E-state index in [4.69, 9.17) is 14.5 Å². The number of aromatic carboxylic acids is 1. The van der Waals surface area contributed by atoms with Crippen molar-refractivity contribution in [2.75, 3.05) is 12.0 Å². The molecule has 2 amide bonds. The summed E-state index contributed by atoms with van der Waals surface area (Å²) in [6, 6.07) is 28.6. The van der Waals surface area contributed by atoms with E-state index >= 15 is 0 Å². The van der Waals surface area contributed by atoms with Gasteiger partial charge in [-0.1, -0.05) is 82.3 Å². The predicted octanol–water partition coefficient (Wildman–Crippen LogP) is 7.73. The van der Waals surface area contributed by atoms with Crippen molar-refractivity contribution < 1.29 is 33.8 Å². The first-order valence-electron chi connectivity index (χ1n) is 15.4. The van der Waals surface area contributed by atoms with Gasteiger partial charge in [-0.3, -0.25) is 9.59 Å². The van der Waals surface area contributed by atoms with Crippen LogP contribution in [0.4, 0.5) is 5.69 Å². The van der Waals surface area contributed by atoms with Crippen LogP contribution < -0.4 is 9.64 Å². The van der Waals surface area contributed by atoms with E-state index in [-0.39, 0.29) is 23.3 Å². The maximum atomic E-state index is 13.1. The van der Waals surface area contributed by atoms with E-state index in [1.54, 1.807) is 54.6 Å². The fraction of sp³-hybridized carbons (Fsp3) is 0.158. The average molecular weight is 646 g/mol. The number of hydrogen-bond acceptors (Lipinski definition) is 8. The van der Waals surface area contributed by atoms with E-state index in [1.807, 2.05) is 58.0 Å². The monoisotopic (exact) mass is 645 g/mol. The van der Waals surface area contributed by atoms with Crippen molar-refractivity contribution in [3.63, 3.8) is 0 Å². The molecule has 0 spiro atoms. The van der Waals surface area contributed by atoms with Crippen molar-refractivity contribution in [2.24, 2.45) is 0 Å². The van der Waals surface area contributed by atoms with Crippen molar-refractivity contribution in [1.29, 1.82) is 0 Å². The maximum Gasteiger partial charge on any atom is 0.337 e. The molecule has 10 heteroatoms. The second-order valence-electron chi connectivity index (χ2n) is 9.82. The minimum Gasteiger partial charge on any atom is -0.478 e. The third-order valence-electron chi connectivity index (χ3n) is 7.05. The Balaban J connectivity index is 0.00000125. The number of carbonyl (C=O) groups is 4. The van der Waals surface area contributed by atoms with Crippen LogP contribution in [0.2, 0.25) is 0 Å². The zero-order valence-electron chi connectivity index (χ0n) is 27.3. The second-order valence-corrected chi connectivity index (χ2v) is 9.82. The van der Waals surface area contributed by atoms with E-state index in [9.17, 15) is 24.3 Å². The number of imide groups is 1. The lowest BCUT2D eigenvalue weighted by Crippen LogP contribution is -2.29. The normalized spacial score (nSPS) is 11.4. The Kier molecular flexibility index (Phi) is 11.5. The van der Waals surface area contributed by atoms with Gasteiger partial charge in [0.05, 0.1) is 40.7 Å². The number of anilines is 1. The van der Waals surface area contributed by atoms with Gasteiger partial charge in [0.15, 0.2) is 5.82 Å². The van der Waals surface area contributed by atoms with Crippen LogP contribution in [0.1, 0.15) is 74.7 Å². The lowest BCUT2D eigenvalue weighted by Gasteiger charge is -2.15. The predicted molar refractivity (Wildman–Crippen MR) is 182 cm³/mol. The molecule has 0 radical (unpaired) electrons. The molecule has 4 aromatic carbocycles. The van der Waals surface area contributed by atoms with Crippen LogP contribution in [0.5, 0.6) is 5.88 Å². The fourth-order valence-electron chi connectivity index (χ4n) is 4.76. The van der Waals surface area contributed by atoms with Crippen molar-refractivity contribution in [3.8, 4) is 28.5 Å². The van der Waals surface area contributed by atoms with Gasteiger partial charge in [-0.15, -0.1) is 0 Å². The Morgan fingerprint density at radius 1 is 0.708 bits per heavy atom. The molecule has 0 saturated heterocycles. The molecular formula is C38H35N3O7. The highest BCUT2D eigenvalue weighted by Gasteiger charge is 2.37. The summed E-state index contributed by atoms with van der Waals surface area (Å²) in [5.74, 6) is -1.97. The third-order valence-corrected chi connectivity index (χ3v) is 7.05. The quantitative estimate of drug-likeness (QED) is 0.133. The standard InChI is InChI=1S/C34H23N3O7.2C2H6/c1-43-34(42)23-9-7-20(8-10-23)19-44-29-18-28(35-30(36-29)22-5-3-2-4-6-22)21-11-14-25(15-12-21)37-31(38)26-16-13-24(33(40)41)17-27(26)32(37)39;2*1-2/h2-18H,19H2,1H3,(H,40,41);2*1-2H3. The molecule has 1 N–H and O–H groups in total. The van der Waals surface area contributed by atoms with E-state index in [0.717, 1.165) is 16.0 Å². The molecule has 0 atom stereocenters. The van der Waals surface area contributed by atoms with Gasteiger partial charge in [0, 0.05) is 17.2 Å². The Morgan fingerprint density at radius 3 is 1.96 bits per heavy atom. The number of aromatic nitrogens is 2. The summed E-state index contributed by atoms with van der Waals surface area (Å²) in [7, 11) is 1.33. The number of carbonyl (C=O) groups excluding carboxylic acids is 3. The zero-order valence-corrected chi connectivity index (χ0v) is 27.3. The largest absolute Gasteiger partial charge is 0.478 e. The van der Waals surface area contributed by atoms with Gasteiger partial charge in [0.1, 0.15) is 6.61 Å². The first kappa shape index (κ1) is 34.7. The van der Waals surface area contributed by atoms with Crippen LogP contribution >= 0.6 is 0 Å². The highest BCUT2D eigenvalue weighted by atomic mass is 16.5. The Hall–Kier alpha value is -6.16. The smallest absolute Gasteiger partial charge is 0.337 e. The number of methoxy groups -OCH3 is 1. The van der Waals surface area contributed by atoms with Crippen LogP contribution in [0.15, 0.2) is 103 Å². The summed E-state index contributed by atoms with van der Waals surface area (Å²) >= 11 is 0. The highest BCUT2D eigenvalue weighted by Crippen LogP contribution is 2.32. The molecule has 1 aliphatic heterocycles. The number of esters is 1. The molecule has 10 nitrogen and oxygen atoms in total. The Morgan fingerprint density at radius 2 is 1.33 bits per heavy atom. The molecule has 0 fully saturated rings. The molecule has 1 aromatic heterocycles. The molecule has 244 valence electrons. The minimum atomic E-state index is -1.18. The number of amides is 2.